The predicted molar refractivity (Wildman–Crippen MR) is 88.0 cm³/mol. The SMILES string of the molecule is CCC(C1CCC1)N1CC(C)CC(NCC(C)(C)C)C1. The van der Waals surface area contributed by atoms with E-state index in [0.717, 1.165) is 24.4 Å². The van der Waals surface area contributed by atoms with Gasteiger partial charge in [-0.2, -0.15) is 0 Å². The first-order chi connectivity index (χ1) is 9.39. The zero-order valence-corrected chi connectivity index (χ0v) is 14.4. The molecule has 1 aliphatic heterocycles. The molecule has 1 saturated heterocycles. The normalized spacial score (nSPS) is 31.1. The summed E-state index contributed by atoms with van der Waals surface area (Å²) in [4.78, 5) is 2.82. The Morgan fingerprint density at radius 1 is 1.20 bits per heavy atom. The second-order valence-electron chi connectivity index (χ2n) is 8.60. The van der Waals surface area contributed by atoms with Crippen LogP contribution >= 0.6 is 0 Å². The average Bonchev–Trinajstić information content (AvgIpc) is 2.29. The van der Waals surface area contributed by atoms with Crippen molar-refractivity contribution in [3.05, 3.63) is 0 Å². The van der Waals surface area contributed by atoms with Gasteiger partial charge in [-0.1, -0.05) is 41.0 Å². The van der Waals surface area contributed by atoms with Crippen molar-refractivity contribution in [1.82, 2.24) is 10.2 Å². The molecule has 2 nitrogen and oxygen atoms in total. The fourth-order valence-electron chi connectivity index (χ4n) is 3.98. The van der Waals surface area contributed by atoms with E-state index in [4.69, 9.17) is 0 Å². The summed E-state index contributed by atoms with van der Waals surface area (Å²) in [6.07, 6.45) is 7.11. The van der Waals surface area contributed by atoms with Crippen molar-refractivity contribution in [2.75, 3.05) is 19.6 Å². The third-order valence-electron chi connectivity index (χ3n) is 5.19. The maximum Gasteiger partial charge on any atom is 0.0198 e. The standard InChI is InChI=1S/C18H36N2/c1-6-17(15-8-7-9-15)20-11-14(2)10-16(12-20)19-13-18(3,4)5/h14-17,19H,6-13H2,1-5H3. The van der Waals surface area contributed by atoms with E-state index in [9.17, 15) is 0 Å². The van der Waals surface area contributed by atoms with Gasteiger partial charge in [-0.05, 0) is 42.9 Å². The van der Waals surface area contributed by atoms with Gasteiger partial charge in [0, 0.05) is 31.7 Å². The molecule has 2 heteroatoms. The molecule has 0 radical (unpaired) electrons. The molecule has 3 atom stereocenters. The molecule has 2 rings (SSSR count). The second kappa shape index (κ2) is 6.79. The summed E-state index contributed by atoms with van der Waals surface area (Å²) in [5.74, 6) is 1.84. The number of piperidine rings is 1. The third-order valence-corrected chi connectivity index (χ3v) is 5.19. The van der Waals surface area contributed by atoms with Crippen LogP contribution < -0.4 is 5.32 Å². The molecular weight excluding hydrogens is 244 g/mol. The van der Waals surface area contributed by atoms with Crippen LogP contribution in [-0.4, -0.2) is 36.6 Å². The van der Waals surface area contributed by atoms with Crippen molar-refractivity contribution >= 4 is 0 Å². The Morgan fingerprint density at radius 2 is 1.90 bits per heavy atom. The lowest BCUT2D eigenvalue weighted by atomic mass is 9.77. The molecular formula is C18H36N2. The molecule has 3 unspecified atom stereocenters. The summed E-state index contributed by atoms with van der Waals surface area (Å²) in [6.45, 7) is 15.5. The predicted octanol–water partition coefficient (Wildman–Crippen LogP) is 3.91. The average molecular weight is 281 g/mol. The summed E-state index contributed by atoms with van der Waals surface area (Å²) in [6, 6.07) is 1.55. The van der Waals surface area contributed by atoms with E-state index < -0.39 is 0 Å². The molecule has 0 spiro atoms. The Kier molecular flexibility index (Phi) is 5.53. The Labute approximate surface area is 126 Å². The van der Waals surface area contributed by atoms with E-state index in [1.54, 1.807) is 0 Å². The summed E-state index contributed by atoms with van der Waals surface area (Å²) >= 11 is 0. The molecule has 1 heterocycles. The fourth-order valence-corrected chi connectivity index (χ4v) is 3.98. The zero-order chi connectivity index (χ0) is 14.8. The van der Waals surface area contributed by atoms with Gasteiger partial charge in [0.15, 0.2) is 0 Å². The molecule has 0 aromatic rings. The molecule has 0 amide bonds. The minimum Gasteiger partial charge on any atom is -0.312 e. The lowest BCUT2D eigenvalue weighted by Crippen LogP contribution is -2.55. The first-order valence-electron chi connectivity index (χ1n) is 8.86. The van der Waals surface area contributed by atoms with Gasteiger partial charge in [0.2, 0.25) is 0 Å². The Bertz CT molecular complexity index is 290. The highest BCUT2D eigenvalue weighted by atomic mass is 15.2. The molecule has 20 heavy (non-hydrogen) atoms. The van der Waals surface area contributed by atoms with Crippen LogP contribution in [0.2, 0.25) is 0 Å². The number of likely N-dealkylation sites (tertiary alicyclic amines) is 1. The number of rotatable bonds is 5. The van der Waals surface area contributed by atoms with Gasteiger partial charge in [0.05, 0.1) is 0 Å². The largest absolute Gasteiger partial charge is 0.312 e. The van der Waals surface area contributed by atoms with Crippen LogP contribution in [0.3, 0.4) is 0 Å². The molecule has 1 saturated carbocycles. The van der Waals surface area contributed by atoms with Gasteiger partial charge in [0.25, 0.3) is 0 Å². The van der Waals surface area contributed by atoms with Crippen LogP contribution in [0, 0.1) is 17.3 Å². The van der Waals surface area contributed by atoms with Gasteiger partial charge in [-0.3, -0.25) is 4.90 Å². The molecule has 1 aliphatic carbocycles. The van der Waals surface area contributed by atoms with Crippen molar-refractivity contribution in [2.45, 2.75) is 78.8 Å². The number of hydrogen-bond donors (Lipinski definition) is 1. The molecule has 0 aromatic heterocycles. The Balaban J connectivity index is 1.89. The first-order valence-corrected chi connectivity index (χ1v) is 8.86. The van der Waals surface area contributed by atoms with Crippen LogP contribution in [-0.2, 0) is 0 Å². The monoisotopic (exact) mass is 280 g/mol. The zero-order valence-electron chi connectivity index (χ0n) is 14.4. The van der Waals surface area contributed by atoms with Crippen LogP contribution in [0.25, 0.3) is 0 Å². The van der Waals surface area contributed by atoms with E-state index in [-0.39, 0.29) is 0 Å². The van der Waals surface area contributed by atoms with Gasteiger partial charge in [0.1, 0.15) is 0 Å². The Morgan fingerprint density at radius 3 is 2.40 bits per heavy atom. The van der Waals surface area contributed by atoms with Gasteiger partial charge < -0.3 is 5.32 Å². The van der Waals surface area contributed by atoms with Crippen molar-refractivity contribution in [3.63, 3.8) is 0 Å². The van der Waals surface area contributed by atoms with Crippen molar-refractivity contribution in [3.8, 4) is 0 Å². The maximum atomic E-state index is 3.83. The van der Waals surface area contributed by atoms with Gasteiger partial charge in [-0.15, -0.1) is 0 Å². The van der Waals surface area contributed by atoms with Crippen molar-refractivity contribution < 1.29 is 0 Å². The summed E-state index contributed by atoms with van der Waals surface area (Å²) in [5.41, 5.74) is 0.393. The quantitative estimate of drug-likeness (QED) is 0.821. The van der Waals surface area contributed by atoms with Crippen molar-refractivity contribution in [1.29, 1.82) is 0 Å². The van der Waals surface area contributed by atoms with E-state index in [1.807, 2.05) is 0 Å². The lowest BCUT2D eigenvalue weighted by molar-refractivity contribution is 0.0424. The van der Waals surface area contributed by atoms with E-state index in [1.165, 1.54) is 45.2 Å². The van der Waals surface area contributed by atoms with Crippen LogP contribution in [0.5, 0.6) is 0 Å². The minimum absolute atomic E-state index is 0.393. The Hall–Kier alpha value is -0.0800. The van der Waals surface area contributed by atoms with Crippen molar-refractivity contribution in [2.24, 2.45) is 17.3 Å². The third kappa shape index (κ3) is 4.46. The van der Waals surface area contributed by atoms with E-state index >= 15 is 0 Å². The highest BCUT2D eigenvalue weighted by Crippen LogP contribution is 2.35. The van der Waals surface area contributed by atoms with Gasteiger partial charge >= 0.3 is 0 Å². The highest BCUT2D eigenvalue weighted by Gasteiger charge is 2.35. The van der Waals surface area contributed by atoms with Crippen LogP contribution in [0.15, 0.2) is 0 Å². The molecule has 0 bridgehead atoms. The summed E-state index contributed by atoms with van der Waals surface area (Å²) < 4.78 is 0. The molecule has 2 fully saturated rings. The molecule has 118 valence electrons. The topological polar surface area (TPSA) is 15.3 Å². The van der Waals surface area contributed by atoms with E-state index in [2.05, 4.69) is 44.8 Å². The summed E-state index contributed by atoms with van der Waals surface area (Å²) in [7, 11) is 0. The number of hydrogen-bond acceptors (Lipinski definition) is 2. The highest BCUT2D eigenvalue weighted by molar-refractivity contribution is 4.90. The number of nitrogens with zero attached hydrogens (tertiary/aromatic N) is 1. The molecule has 0 aromatic carbocycles. The summed E-state index contributed by atoms with van der Waals surface area (Å²) in [5, 5.41) is 3.83. The lowest BCUT2D eigenvalue weighted by Gasteiger charge is -2.46. The maximum absolute atomic E-state index is 3.83. The second-order valence-corrected chi connectivity index (χ2v) is 8.60. The number of nitrogens with one attached hydrogen (secondary N) is 1. The van der Waals surface area contributed by atoms with E-state index in [0.29, 0.717) is 11.5 Å². The molecule has 2 aliphatic rings. The molecule has 1 N–H and O–H groups in total. The van der Waals surface area contributed by atoms with Crippen LogP contribution in [0.1, 0.15) is 66.7 Å². The minimum atomic E-state index is 0.393. The fraction of sp³-hybridized carbons (Fsp3) is 1.00. The van der Waals surface area contributed by atoms with Crippen LogP contribution in [0.4, 0.5) is 0 Å². The van der Waals surface area contributed by atoms with Gasteiger partial charge in [-0.25, -0.2) is 0 Å². The first kappa shape index (κ1) is 16.3. The smallest absolute Gasteiger partial charge is 0.0198 e.